The summed E-state index contributed by atoms with van der Waals surface area (Å²) in [4.78, 5) is 16.4. The SMILES string of the molecule is CCc1ccccc1OCC(O)CN1CCN(C(C(N)=O)c2ccccc2)CC1. The number of aliphatic hydroxyl groups excluding tert-OH is 1. The van der Waals surface area contributed by atoms with Crippen molar-refractivity contribution in [3.8, 4) is 5.75 Å². The fourth-order valence-corrected chi connectivity index (χ4v) is 3.87. The Morgan fingerprint density at radius 1 is 1.07 bits per heavy atom. The van der Waals surface area contributed by atoms with E-state index in [0.29, 0.717) is 6.54 Å². The summed E-state index contributed by atoms with van der Waals surface area (Å²) in [5.41, 5.74) is 7.76. The van der Waals surface area contributed by atoms with Crippen LogP contribution in [0.15, 0.2) is 54.6 Å². The lowest BCUT2D eigenvalue weighted by Gasteiger charge is -2.38. The molecule has 1 heterocycles. The average molecular weight is 398 g/mol. The van der Waals surface area contributed by atoms with E-state index < -0.39 is 12.1 Å². The molecule has 6 nitrogen and oxygen atoms in total. The van der Waals surface area contributed by atoms with Crippen molar-refractivity contribution in [2.45, 2.75) is 25.5 Å². The standard InChI is InChI=1S/C23H31N3O3/c1-2-18-8-6-7-11-21(18)29-17-20(27)16-25-12-14-26(15-13-25)22(23(24)28)19-9-4-3-5-10-19/h3-11,20,22,27H,2,12-17H2,1H3,(H2,24,28). The molecule has 2 atom stereocenters. The van der Waals surface area contributed by atoms with Crippen molar-refractivity contribution in [2.24, 2.45) is 5.73 Å². The van der Waals surface area contributed by atoms with Crippen molar-refractivity contribution < 1.29 is 14.6 Å². The highest BCUT2D eigenvalue weighted by atomic mass is 16.5. The lowest BCUT2D eigenvalue weighted by atomic mass is 10.0. The molecular formula is C23H31N3O3. The number of hydrogen-bond donors (Lipinski definition) is 2. The van der Waals surface area contributed by atoms with Gasteiger partial charge in [-0.2, -0.15) is 0 Å². The quantitative estimate of drug-likeness (QED) is 0.675. The zero-order valence-electron chi connectivity index (χ0n) is 17.0. The Labute approximate surface area is 172 Å². The van der Waals surface area contributed by atoms with Gasteiger partial charge >= 0.3 is 0 Å². The molecule has 3 rings (SSSR count). The minimum Gasteiger partial charge on any atom is -0.491 e. The zero-order chi connectivity index (χ0) is 20.6. The monoisotopic (exact) mass is 397 g/mol. The summed E-state index contributed by atoms with van der Waals surface area (Å²) in [6, 6.07) is 17.2. The van der Waals surface area contributed by atoms with Crippen LogP contribution in [0.2, 0.25) is 0 Å². The maximum atomic E-state index is 12.0. The van der Waals surface area contributed by atoms with E-state index in [1.165, 1.54) is 0 Å². The lowest BCUT2D eigenvalue weighted by molar-refractivity contribution is -0.124. The number of ether oxygens (including phenoxy) is 1. The number of amides is 1. The first-order valence-electron chi connectivity index (χ1n) is 10.3. The van der Waals surface area contributed by atoms with Crippen molar-refractivity contribution in [2.75, 3.05) is 39.3 Å². The minimum atomic E-state index is -0.562. The van der Waals surface area contributed by atoms with Crippen molar-refractivity contribution >= 4 is 5.91 Å². The third-order valence-corrected chi connectivity index (χ3v) is 5.41. The van der Waals surface area contributed by atoms with Crippen LogP contribution in [0.1, 0.15) is 24.1 Å². The molecule has 2 unspecified atom stereocenters. The zero-order valence-corrected chi connectivity index (χ0v) is 17.0. The number of carbonyl (C=O) groups is 1. The van der Waals surface area contributed by atoms with Gasteiger partial charge in [0.25, 0.3) is 0 Å². The second-order valence-electron chi connectivity index (χ2n) is 7.48. The van der Waals surface area contributed by atoms with Gasteiger partial charge in [-0.25, -0.2) is 0 Å². The van der Waals surface area contributed by atoms with E-state index in [9.17, 15) is 9.90 Å². The van der Waals surface area contributed by atoms with Crippen molar-refractivity contribution in [1.29, 1.82) is 0 Å². The Morgan fingerprint density at radius 3 is 2.38 bits per heavy atom. The molecular weight excluding hydrogens is 366 g/mol. The van der Waals surface area contributed by atoms with E-state index >= 15 is 0 Å². The minimum absolute atomic E-state index is 0.269. The summed E-state index contributed by atoms with van der Waals surface area (Å²) in [5, 5.41) is 10.4. The number of benzene rings is 2. The number of carbonyl (C=O) groups excluding carboxylic acids is 1. The van der Waals surface area contributed by atoms with E-state index in [-0.39, 0.29) is 12.5 Å². The Balaban J connectivity index is 1.48. The number of aryl methyl sites for hydroxylation is 1. The molecule has 1 amide bonds. The normalized spacial score (nSPS) is 17.6. The number of aliphatic hydroxyl groups is 1. The van der Waals surface area contributed by atoms with Crippen LogP contribution in [-0.2, 0) is 11.2 Å². The molecule has 0 radical (unpaired) electrons. The number of rotatable bonds is 9. The number of nitrogens with zero attached hydrogens (tertiary/aromatic N) is 2. The van der Waals surface area contributed by atoms with E-state index in [4.69, 9.17) is 10.5 Å². The lowest BCUT2D eigenvalue weighted by Crippen LogP contribution is -2.52. The first kappa shape index (κ1) is 21.3. The first-order valence-corrected chi connectivity index (χ1v) is 10.3. The summed E-state index contributed by atoms with van der Waals surface area (Å²) in [6.07, 6.45) is 0.337. The summed E-state index contributed by atoms with van der Waals surface area (Å²) >= 11 is 0. The van der Waals surface area contributed by atoms with Gasteiger partial charge in [0.1, 0.15) is 24.5 Å². The number of β-amino-alcohol motifs (C(OH)–C–C–N with tert-alkyl or cyclic N) is 1. The largest absolute Gasteiger partial charge is 0.491 e. The van der Waals surface area contributed by atoms with Crippen LogP contribution < -0.4 is 10.5 Å². The van der Waals surface area contributed by atoms with E-state index in [1.54, 1.807) is 0 Å². The van der Waals surface area contributed by atoms with Crippen molar-refractivity contribution in [1.82, 2.24) is 9.80 Å². The molecule has 1 saturated heterocycles. The van der Waals surface area contributed by atoms with Crippen LogP contribution in [0.25, 0.3) is 0 Å². The highest BCUT2D eigenvalue weighted by molar-refractivity contribution is 5.81. The average Bonchev–Trinajstić information content (AvgIpc) is 2.74. The van der Waals surface area contributed by atoms with Gasteiger partial charge in [0.05, 0.1) is 0 Å². The summed E-state index contributed by atoms with van der Waals surface area (Å²) in [5.74, 6) is 0.513. The second kappa shape index (κ2) is 10.4. The van der Waals surface area contributed by atoms with Crippen LogP contribution in [0.4, 0.5) is 0 Å². The summed E-state index contributed by atoms with van der Waals surface area (Å²) in [7, 11) is 0. The molecule has 1 aliphatic heterocycles. The fraction of sp³-hybridized carbons (Fsp3) is 0.435. The number of para-hydroxylation sites is 1. The summed E-state index contributed by atoms with van der Waals surface area (Å²) in [6.45, 7) is 5.93. The third kappa shape index (κ3) is 5.79. The van der Waals surface area contributed by atoms with Crippen LogP contribution in [0.5, 0.6) is 5.75 Å². The molecule has 2 aromatic carbocycles. The van der Waals surface area contributed by atoms with Crippen molar-refractivity contribution in [3.63, 3.8) is 0 Å². The topological polar surface area (TPSA) is 79.0 Å². The molecule has 0 saturated carbocycles. The van der Waals surface area contributed by atoms with Gasteiger partial charge in [-0.3, -0.25) is 14.6 Å². The maximum Gasteiger partial charge on any atom is 0.239 e. The molecule has 0 bridgehead atoms. The van der Waals surface area contributed by atoms with Gasteiger partial charge in [-0.05, 0) is 23.6 Å². The van der Waals surface area contributed by atoms with Gasteiger partial charge < -0.3 is 15.6 Å². The maximum absolute atomic E-state index is 12.0. The highest BCUT2D eigenvalue weighted by Gasteiger charge is 2.29. The number of piperazine rings is 1. The Hall–Kier alpha value is -2.41. The number of hydrogen-bond acceptors (Lipinski definition) is 5. The third-order valence-electron chi connectivity index (χ3n) is 5.41. The van der Waals surface area contributed by atoms with E-state index in [2.05, 4.69) is 16.7 Å². The van der Waals surface area contributed by atoms with Crippen LogP contribution >= 0.6 is 0 Å². The van der Waals surface area contributed by atoms with Gasteiger partial charge in [-0.1, -0.05) is 55.5 Å². The van der Waals surface area contributed by atoms with Crippen molar-refractivity contribution in [3.05, 3.63) is 65.7 Å². The Morgan fingerprint density at radius 2 is 1.72 bits per heavy atom. The molecule has 6 heteroatoms. The predicted octanol–water partition coefficient (Wildman–Crippen LogP) is 1.83. The molecule has 1 fully saturated rings. The van der Waals surface area contributed by atoms with Gasteiger partial charge in [0.2, 0.25) is 5.91 Å². The summed E-state index contributed by atoms with van der Waals surface area (Å²) < 4.78 is 5.83. The molecule has 0 aliphatic carbocycles. The molecule has 29 heavy (non-hydrogen) atoms. The number of nitrogens with two attached hydrogens (primary N) is 1. The first-order chi connectivity index (χ1) is 14.1. The Kier molecular flexibility index (Phi) is 7.63. The molecule has 2 aromatic rings. The van der Waals surface area contributed by atoms with Crippen LogP contribution in [-0.4, -0.2) is 66.2 Å². The molecule has 1 aliphatic rings. The molecule has 156 valence electrons. The van der Waals surface area contributed by atoms with Crippen LogP contribution in [0.3, 0.4) is 0 Å². The van der Waals surface area contributed by atoms with E-state index in [0.717, 1.165) is 49.5 Å². The Bertz CT molecular complexity index is 776. The fourth-order valence-electron chi connectivity index (χ4n) is 3.87. The molecule has 3 N–H and O–H groups in total. The van der Waals surface area contributed by atoms with E-state index in [1.807, 2.05) is 54.6 Å². The second-order valence-corrected chi connectivity index (χ2v) is 7.48. The molecule has 0 aromatic heterocycles. The highest BCUT2D eigenvalue weighted by Crippen LogP contribution is 2.22. The molecule has 0 spiro atoms. The predicted molar refractivity (Wildman–Crippen MR) is 114 cm³/mol. The van der Waals surface area contributed by atoms with Gasteiger partial charge in [-0.15, -0.1) is 0 Å². The van der Waals surface area contributed by atoms with Gasteiger partial charge in [0, 0.05) is 32.7 Å². The van der Waals surface area contributed by atoms with Crippen LogP contribution in [0, 0.1) is 0 Å². The van der Waals surface area contributed by atoms with Gasteiger partial charge in [0.15, 0.2) is 0 Å². The smallest absolute Gasteiger partial charge is 0.239 e. The number of primary amides is 1.